The standard InChI is InChI=1S/C34H42F3N3O4/c1-43-27-6-7-31-29(20-27)28(25(22-38-31)23-40-14-16-44-17-15-40)5-2-8-34(21-32(41)42)9-12-39(13-10-34)11-3-4-24-18-26(35)19-30(36)33(24)37/h6-7,18-20,22H,2-5,8-17,21,23H2,1H3,(H,41,42). The van der Waals surface area contributed by atoms with Gasteiger partial charge in [-0.05, 0) is 111 Å². The molecular formula is C34H42F3N3O4. The van der Waals surface area contributed by atoms with Crippen molar-refractivity contribution in [2.24, 2.45) is 5.41 Å². The molecule has 2 aliphatic heterocycles. The summed E-state index contributed by atoms with van der Waals surface area (Å²) in [5, 5.41) is 10.9. The molecule has 2 fully saturated rings. The van der Waals surface area contributed by atoms with Gasteiger partial charge in [-0.15, -0.1) is 0 Å². The Hall–Kier alpha value is -3.21. The van der Waals surface area contributed by atoms with Crippen molar-refractivity contribution in [3.63, 3.8) is 0 Å². The smallest absolute Gasteiger partial charge is 0.303 e. The first kappa shape index (κ1) is 32.2. The van der Waals surface area contributed by atoms with Crippen molar-refractivity contribution in [1.29, 1.82) is 0 Å². The summed E-state index contributed by atoms with van der Waals surface area (Å²) >= 11 is 0. The van der Waals surface area contributed by atoms with Crippen LogP contribution in [0.1, 0.15) is 55.2 Å². The van der Waals surface area contributed by atoms with Gasteiger partial charge in [0, 0.05) is 37.3 Å². The number of halogens is 3. The highest BCUT2D eigenvalue weighted by atomic mass is 19.2. The molecule has 0 radical (unpaired) electrons. The van der Waals surface area contributed by atoms with E-state index in [1.54, 1.807) is 7.11 Å². The second kappa shape index (κ2) is 14.7. The minimum Gasteiger partial charge on any atom is -0.497 e. The van der Waals surface area contributed by atoms with Crippen LogP contribution in [0.4, 0.5) is 13.2 Å². The molecule has 7 nitrogen and oxygen atoms in total. The van der Waals surface area contributed by atoms with Crippen molar-refractivity contribution < 1.29 is 32.5 Å². The van der Waals surface area contributed by atoms with Crippen molar-refractivity contribution in [1.82, 2.24) is 14.8 Å². The predicted octanol–water partition coefficient (Wildman–Crippen LogP) is 6.01. The van der Waals surface area contributed by atoms with E-state index in [1.165, 1.54) is 11.1 Å². The monoisotopic (exact) mass is 613 g/mol. The fourth-order valence-corrected chi connectivity index (χ4v) is 6.84. The van der Waals surface area contributed by atoms with E-state index >= 15 is 0 Å². The number of aryl methyl sites for hydroxylation is 2. The number of rotatable bonds is 13. The zero-order valence-corrected chi connectivity index (χ0v) is 25.4. The van der Waals surface area contributed by atoms with Gasteiger partial charge in [-0.2, -0.15) is 0 Å². The second-order valence-corrected chi connectivity index (χ2v) is 12.3. The molecule has 5 rings (SSSR count). The Morgan fingerprint density at radius 3 is 2.50 bits per heavy atom. The van der Waals surface area contributed by atoms with Crippen molar-refractivity contribution in [2.45, 2.75) is 57.9 Å². The highest BCUT2D eigenvalue weighted by Crippen LogP contribution is 2.40. The molecule has 1 N–H and O–H groups in total. The maximum Gasteiger partial charge on any atom is 0.303 e. The number of aliphatic carboxylic acids is 1. The number of hydrogen-bond donors (Lipinski definition) is 1. The largest absolute Gasteiger partial charge is 0.497 e. The molecule has 3 heterocycles. The van der Waals surface area contributed by atoms with Crippen molar-refractivity contribution in [2.75, 3.05) is 53.0 Å². The number of ether oxygens (including phenoxy) is 2. The van der Waals surface area contributed by atoms with Gasteiger partial charge in [0.15, 0.2) is 11.6 Å². The summed E-state index contributed by atoms with van der Waals surface area (Å²) in [7, 11) is 1.66. The van der Waals surface area contributed by atoms with E-state index in [0.29, 0.717) is 19.0 Å². The van der Waals surface area contributed by atoms with E-state index in [-0.39, 0.29) is 23.8 Å². The average Bonchev–Trinajstić information content (AvgIpc) is 3.01. The number of piperidine rings is 1. The summed E-state index contributed by atoms with van der Waals surface area (Å²) in [6.07, 6.45) is 6.89. The van der Waals surface area contributed by atoms with Crippen LogP contribution in [0.5, 0.6) is 5.75 Å². The van der Waals surface area contributed by atoms with Gasteiger partial charge in [-0.3, -0.25) is 14.7 Å². The van der Waals surface area contributed by atoms with E-state index in [4.69, 9.17) is 14.5 Å². The van der Waals surface area contributed by atoms with Crippen LogP contribution in [0.2, 0.25) is 0 Å². The Morgan fingerprint density at radius 1 is 1.00 bits per heavy atom. The number of methoxy groups -OCH3 is 1. The molecule has 0 amide bonds. The minimum absolute atomic E-state index is 0.0500. The number of aromatic nitrogens is 1. The number of hydrogen-bond acceptors (Lipinski definition) is 6. The topological polar surface area (TPSA) is 75.1 Å². The Labute approximate surface area is 257 Å². The molecule has 10 heteroatoms. The van der Waals surface area contributed by atoms with Gasteiger partial charge in [-0.25, -0.2) is 13.2 Å². The Morgan fingerprint density at radius 2 is 1.77 bits per heavy atom. The molecule has 3 aromatic rings. The van der Waals surface area contributed by atoms with Crippen molar-refractivity contribution >= 4 is 16.9 Å². The van der Waals surface area contributed by atoms with E-state index < -0.39 is 23.4 Å². The van der Waals surface area contributed by atoms with Gasteiger partial charge in [0.1, 0.15) is 11.6 Å². The van der Waals surface area contributed by atoms with Crippen LogP contribution in [-0.4, -0.2) is 78.9 Å². The van der Waals surface area contributed by atoms with Crippen LogP contribution in [0.25, 0.3) is 10.9 Å². The van der Waals surface area contributed by atoms with E-state index in [0.717, 1.165) is 101 Å². The maximum atomic E-state index is 14.0. The zero-order chi connectivity index (χ0) is 31.1. The second-order valence-electron chi connectivity index (χ2n) is 12.3. The highest BCUT2D eigenvalue weighted by molar-refractivity contribution is 5.84. The van der Waals surface area contributed by atoms with Gasteiger partial charge in [0.2, 0.25) is 0 Å². The number of nitrogens with zero attached hydrogens (tertiary/aromatic N) is 3. The number of morpholine rings is 1. The van der Waals surface area contributed by atoms with Crippen LogP contribution in [0.3, 0.4) is 0 Å². The average molecular weight is 614 g/mol. The van der Waals surface area contributed by atoms with Crippen LogP contribution in [0, 0.1) is 22.9 Å². The Balaban J connectivity index is 1.23. The van der Waals surface area contributed by atoms with Crippen LogP contribution < -0.4 is 4.74 Å². The molecule has 0 saturated carbocycles. The lowest BCUT2D eigenvalue weighted by Crippen LogP contribution is -2.41. The molecule has 44 heavy (non-hydrogen) atoms. The van der Waals surface area contributed by atoms with E-state index in [1.807, 2.05) is 18.3 Å². The fourth-order valence-electron chi connectivity index (χ4n) is 6.84. The number of carboxylic acid groups (broad SMARTS) is 1. The van der Waals surface area contributed by atoms with Gasteiger partial charge in [-0.1, -0.05) is 0 Å². The molecule has 0 unspecified atom stereocenters. The van der Waals surface area contributed by atoms with E-state index in [2.05, 4.69) is 15.9 Å². The number of likely N-dealkylation sites (tertiary alicyclic amines) is 1. The number of carboxylic acids is 1. The molecule has 0 aliphatic carbocycles. The molecule has 0 spiro atoms. The third-order valence-electron chi connectivity index (χ3n) is 9.34. The lowest BCUT2D eigenvalue weighted by Gasteiger charge is -2.41. The highest BCUT2D eigenvalue weighted by Gasteiger charge is 2.36. The molecule has 0 atom stereocenters. The first-order valence-corrected chi connectivity index (χ1v) is 15.6. The lowest BCUT2D eigenvalue weighted by atomic mass is 9.71. The van der Waals surface area contributed by atoms with Gasteiger partial charge >= 0.3 is 5.97 Å². The van der Waals surface area contributed by atoms with Crippen molar-refractivity contribution in [3.8, 4) is 5.75 Å². The summed E-state index contributed by atoms with van der Waals surface area (Å²) in [5.74, 6) is -2.93. The number of carbonyl (C=O) groups is 1. The lowest BCUT2D eigenvalue weighted by molar-refractivity contribution is -0.140. The Kier molecular flexibility index (Phi) is 10.8. The van der Waals surface area contributed by atoms with Crippen LogP contribution >= 0.6 is 0 Å². The SMILES string of the molecule is COc1ccc2ncc(CN3CCOCC3)c(CCCC3(CC(=O)O)CCN(CCCc4cc(F)cc(F)c4F)CC3)c2c1. The van der Waals surface area contributed by atoms with Crippen LogP contribution in [0.15, 0.2) is 36.5 Å². The summed E-state index contributed by atoms with van der Waals surface area (Å²) in [6.45, 7) is 6.13. The third-order valence-corrected chi connectivity index (χ3v) is 9.34. The van der Waals surface area contributed by atoms with E-state index in [9.17, 15) is 23.1 Å². The van der Waals surface area contributed by atoms with Gasteiger partial charge in [0.25, 0.3) is 0 Å². The first-order chi connectivity index (χ1) is 21.2. The molecule has 238 valence electrons. The Bertz CT molecular complexity index is 1440. The molecule has 1 aromatic heterocycles. The van der Waals surface area contributed by atoms with Gasteiger partial charge in [0.05, 0.1) is 32.3 Å². The molecular weight excluding hydrogens is 571 g/mol. The first-order valence-electron chi connectivity index (χ1n) is 15.6. The fraction of sp³-hybridized carbons (Fsp3) is 0.529. The summed E-state index contributed by atoms with van der Waals surface area (Å²) in [5.41, 5.74) is 3.09. The maximum absolute atomic E-state index is 14.0. The zero-order valence-electron chi connectivity index (χ0n) is 25.4. The number of benzene rings is 2. The summed E-state index contributed by atoms with van der Waals surface area (Å²) in [6, 6.07) is 7.57. The summed E-state index contributed by atoms with van der Waals surface area (Å²) in [4.78, 5) is 21.4. The third kappa shape index (κ3) is 8.08. The quantitative estimate of drug-likeness (QED) is 0.237. The van der Waals surface area contributed by atoms with Crippen LogP contribution in [-0.2, 0) is 28.9 Å². The molecule has 0 bridgehead atoms. The molecule has 2 saturated heterocycles. The molecule has 2 aliphatic rings. The number of fused-ring (bicyclic) bond motifs is 1. The normalized spacial score (nSPS) is 17.6. The minimum atomic E-state index is -1.16. The van der Waals surface area contributed by atoms with Gasteiger partial charge < -0.3 is 19.5 Å². The predicted molar refractivity (Wildman–Crippen MR) is 162 cm³/mol. The number of pyridine rings is 1. The summed E-state index contributed by atoms with van der Waals surface area (Å²) < 4.78 is 52.2. The van der Waals surface area contributed by atoms with Crippen molar-refractivity contribution in [3.05, 3.63) is 70.7 Å². The molecule has 2 aromatic carbocycles.